The van der Waals surface area contributed by atoms with E-state index < -0.39 is 0 Å². The summed E-state index contributed by atoms with van der Waals surface area (Å²) in [5.41, 5.74) is 1.00. The van der Waals surface area contributed by atoms with Gasteiger partial charge in [0.1, 0.15) is 0 Å². The van der Waals surface area contributed by atoms with Crippen LogP contribution in [0.3, 0.4) is 0 Å². The molecule has 1 aliphatic carbocycles. The van der Waals surface area contributed by atoms with Crippen LogP contribution >= 0.6 is 11.3 Å². The van der Waals surface area contributed by atoms with Crippen molar-refractivity contribution >= 4 is 22.9 Å². The molecule has 0 radical (unpaired) electrons. The van der Waals surface area contributed by atoms with Crippen LogP contribution in [0.2, 0.25) is 0 Å². The number of carbonyl (C=O) groups is 1. The zero-order valence-corrected chi connectivity index (χ0v) is 17.7. The second kappa shape index (κ2) is 7.96. The Bertz CT molecular complexity index is 656. The molecule has 1 fully saturated rings. The Balaban J connectivity index is 2.22. The van der Waals surface area contributed by atoms with E-state index in [1.165, 1.54) is 6.42 Å². The van der Waals surface area contributed by atoms with Crippen molar-refractivity contribution in [2.24, 2.45) is 23.2 Å². The minimum atomic E-state index is -0.00801. The summed E-state index contributed by atoms with van der Waals surface area (Å²) in [6, 6.07) is 2.24. The lowest BCUT2D eigenvalue weighted by Gasteiger charge is -2.36. The largest absolute Gasteiger partial charge is 0.309 e. The fourth-order valence-corrected chi connectivity index (χ4v) is 4.39. The summed E-state index contributed by atoms with van der Waals surface area (Å²) >= 11 is 1.63. The van der Waals surface area contributed by atoms with Gasteiger partial charge in [-0.1, -0.05) is 25.7 Å². The SMILES string of the molecule is CC1CCC(C(=O)N(c2csc(C#CC(C)(C)C)c2)C(C)C)C(C)C1. The predicted octanol–water partition coefficient (Wildman–Crippen LogP) is 5.96. The topological polar surface area (TPSA) is 20.3 Å². The number of hydrogen-bond donors (Lipinski definition) is 0. The lowest BCUT2D eigenvalue weighted by molar-refractivity contribution is -0.125. The molecule has 1 saturated carbocycles. The average molecular weight is 360 g/mol. The highest BCUT2D eigenvalue weighted by atomic mass is 32.1. The Morgan fingerprint density at radius 3 is 2.52 bits per heavy atom. The smallest absolute Gasteiger partial charge is 0.230 e. The molecule has 0 saturated heterocycles. The van der Waals surface area contributed by atoms with Crippen LogP contribution in [0.25, 0.3) is 0 Å². The highest BCUT2D eigenvalue weighted by molar-refractivity contribution is 7.11. The molecule has 3 atom stereocenters. The minimum absolute atomic E-state index is 0.00801. The third-order valence-corrected chi connectivity index (χ3v) is 5.76. The van der Waals surface area contributed by atoms with E-state index >= 15 is 0 Å². The maximum Gasteiger partial charge on any atom is 0.230 e. The van der Waals surface area contributed by atoms with Gasteiger partial charge in [-0.05, 0) is 71.8 Å². The van der Waals surface area contributed by atoms with Crippen molar-refractivity contribution in [3.63, 3.8) is 0 Å². The minimum Gasteiger partial charge on any atom is -0.309 e. The number of amides is 1. The first kappa shape index (κ1) is 20.0. The van der Waals surface area contributed by atoms with Gasteiger partial charge in [0.05, 0.1) is 10.6 Å². The molecule has 0 aliphatic heterocycles. The van der Waals surface area contributed by atoms with Crippen LogP contribution in [0.5, 0.6) is 0 Å². The van der Waals surface area contributed by atoms with Gasteiger partial charge >= 0.3 is 0 Å². The number of anilines is 1. The van der Waals surface area contributed by atoms with E-state index in [9.17, 15) is 4.79 Å². The number of nitrogens with zero attached hydrogens (tertiary/aromatic N) is 1. The molecule has 138 valence electrons. The summed E-state index contributed by atoms with van der Waals surface area (Å²) < 4.78 is 0. The zero-order chi connectivity index (χ0) is 18.8. The summed E-state index contributed by atoms with van der Waals surface area (Å²) in [7, 11) is 0. The Morgan fingerprint density at radius 2 is 1.96 bits per heavy atom. The number of hydrogen-bond acceptors (Lipinski definition) is 2. The van der Waals surface area contributed by atoms with E-state index in [-0.39, 0.29) is 17.4 Å². The zero-order valence-electron chi connectivity index (χ0n) is 16.8. The maximum absolute atomic E-state index is 13.3. The number of thiophene rings is 1. The predicted molar refractivity (Wildman–Crippen MR) is 109 cm³/mol. The summed E-state index contributed by atoms with van der Waals surface area (Å²) in [5.74, 6) is 8.20. The summed E-state index contributed by atoms with van der Waals surface area (Å²) in [5, 5.41) is 2.08. The van der Waals surface area contributed by atoms with Gasteiger partial charge in [-0.15, -0.1) is 11.3 Å². The molecule has 1 heterocycles. The van der Waals surface area contributed by atoms with Crippen molar-refractivity contribution in [2.75, 3.05) is 4.90 Å². The molecule has 0 N–H and O–H groups in total. The maximum atomic E-state index is 13.3. The Morgan fingerprint density at radius 1 is 1.28 bits per heavy atom. The summed E-state index contributed by atoms with van der Waals surface area (Å²) in [4.78, 5) is 16.3. The van der Waals surface area contributed by atoms with Gasteiger partial charge in [0, 0.05) is 22.8 Å². The van der Waals surface area contributed by atoms with Crippen molar-refractivity contribution in [2.45, 2.75) is 73.8 Å². The van der Waals surface area contributed by atoms with Gasteiger partial charge in [-0.25, -0.2) is 0 Å². The molecule has 0 spiro atoms. The molecule has 1 aliphatic rings. The van der Waals surface area contributed by atoms with E-state index in [1.807, 2.05) is 4.90 Å². The normalized spacial score (nSPS) is 23.9. The highest BCUT2D eigenvalue weighted by Gasteiger charge is 2.35. The van der Waals surface area contributed by atoms with Crippen LogP contribution in [0.1, 0.15) is 72.6 Å². The van der Waals surface area contributed by atoms with Gasteiger partial charge < -0.3 is 4.90 Å². The molecule has 1 aromatic heterocycles. The van der Waals surface area contributed by atoms with E-state index in [4.69, 9.17) is 0 Å². The van der Waals surface area contributed by atoms with Gasteiger partial charge in [0.25, 0.3) is 0 Å². The molecule has 2 nitrogen and oxygen atoms in total. The third-order valence-electron chi connectivity index (χ3n) is 4.93. The third kappa shape index (κ3) is 5.35. The van der Waals surface area contributed by atoms with E-state index in [1.54, 1.807) is 11.3 Å². The van der Waals surface area contributed by atoms with Crippen LogP contribution in [0.4, 0.5) is 5.69 Å². The molecule has 2 rings (SSSR count). The van der Waals surface area contributed by atoms with Crippen molar-refractivity contribution in [3.05, 3.63) is 16.3 Å². The first-order chi connectivity index (χ1) is 11.6. The van der Waals surface area contributed by atoms with Crippen molar-refractivity contribution in [3.8, 4) is 11.8 Å². The fourth-order valence-electron chi connectivity index (χ4n) is 3.66. The van der Waals surface area contributed by atoms with Crippen molar-refractivity contribution in [1.29, 1.82) is 0 Å². The molecule has 0 aromatic carbocycles. The van der Waals surface area contributed by atoms with Crippen molar-refractivity contribution in [1.82, 2.24) is 0 Å². The fraction of sp³-hybridized carbons (Fsp3) is 0.682. The number of carbonyl (C=O) groups excluding carboxylic acids is 1. The van der Waals surface area contributed by atoms with Crippen molar-refractivity contribution < 1.29 is 4.79 Å². The van der Waals surface area contributed by atoms with Crippen LogP contribution in [0.15, 0.2) is 11.4 Å². The Hall–Kier alpha value is -1.27. The molecule has 3 heteroatoms. The van der Waals surface area contributed by atoms with Crippen LogP contribution in [0, 0.1) is 35.0 Å². The lowest BCUT2D eigenvalue weighted by Crippen LogP contribution is -2.44. The second-order valence-corrected chi connectivity index (χ2v) is 9.88. The molecular weight excluding hydrogens is 326 g/mol. The quantitative estimate of drug-likeness (QED) is 0.610. The summed E-state index contributed by atoms with van der Waals surface area (Å²) in [6.07, 6.45) is 3.35. The monoisotopic (exact) mass is 359 g/mol. The molecule has 1 aromatic rings. The Kier molecular flexibility index (Phi) is 6.38. The summed E-state index contributed by atoms with van der Waals surface area (Å²) in [6.45, 7) is 15.1. The molecular formula is C22H33NOS. The van der Waals surface area contributed by atoms with Gasteiger partial charge in [-0.2, -0.15) is 0 Å². The molecule has 3 unspecified atom stereocenters. The van der Waals surface area contributed by atoms with Crippen LogP contribution in [-0.4, -0.2) is 11.9 Å². The lowest BCUT2D eigenvalue weighted by atomic mass is 9.75. The first-order valence-electron chi connectivity index (χ1n) is 9.53. The molecule has 25 heavy (non-hydrogen) atoms. The Labute approximate surface area is 158 Å². The molecule has 0 bridgehead atoms. The van der Waals surface area contributed by atoms with Crippen LogP contribution < -0.4 is 4.90 Å². The standard InChI is InChI=1S/C22H33NOS/c1-15(2)23(21(24)20-9-8-16(3)12-17(20)4)18-13-19(25-14-18)10-11-22(5,6)7/h13-17,20H,8-9,12H2,1-7H3. The van der Waals surface area contributed by atoms with Gasteiger partial charge in [0.15, 0.2) is 0 Å². The van der Waals surface area contributed by atoms with E-state index in [2.05, 4.69) is 71.8 Å². The average Bonchev–Trinajstić information content (AvgIpc) is 2.92. The first-order valence-corrected chi connectivity index (χ1v) is 10.4. The van der Waals surface area contributed by atoms with E-state index in [0.29, 0.717) is 11.8 Å². The van der Waals surface area contributed by atoms with Crippen LogP contribution in [-0.2, 0) is 4.79 Å². The van der Waals surface area contributed by atoms with Gasteiger partial charge in [0.2, 0.25) is 5.91 Å². The highest BCUT2D eigenvalue weighted by Crippen LogP contribution is 2.36. The second-order valence-electron chi connectivity index (χ2n) is 8.97. The molecule has 1 amide bonds. The number of rotatable bonds is 3. The van der Waals surface area contributed by atoms with E-state index in [0.717, 1.165) is 29.3 Å². The van der Waals surface area contributed by atoms with Gasteiger partial charge in [-0.3, -0.25) is 4.79 Å².